The predicted octanol–water partition coefficient (Wildman–Crippen LogP) is 5.07. The Morgan fingerprint density at radius 2 is 1.97 bits per heavy atom. The predicted molar refractivity (Wildman–Crippen MR) is 127 cm³/mol. The molecule has 2 aromatic carbocycles. The minimum Gasteiger partial charge on any atom is -0.454 e. The van der Waals surface area contributed by atoms with Gasteiger partial charge < -0.3 is 14.4 Å². The zero-order chi connectivity index (χ0) is 24.5. The van der Waals surface area contributed by atoms with Crippen LogP contribution in [-0.2, 0) is 19.1 Å². The standard InChI is InChI=1S/C22H21N5O6S/c1-3-26(12-11-20(28)33-14-21(29)32-4-2)16-7-5-15(6-8-16)23-24-22-18-13-17(27(30)31)9-10-19(18)25-34-22/h4-10,13H,2-3,11-12,14H2,1H3. The molecule has 0 unspecified atom stereocenters. The number of nitro groups is 1. The SMILES string of the molecule is C=COC(=O)COC(=O)CCN(CC)c1ccc(N=Nc2snc3ccc([N+](=O)[O-])cc23)cc1. The van der Waals surface area contributed by atoms with Crippen LogP contribution in [0, 0.1) is 10.1 Å². The number of fused-ring (bicyclic) bond motifs is 1. The first kappa shape index (κ1) is 24.5. The molecule has 0 aliphatic carbocycles. The number of hydrogen-bond acceptors (Lipinski definition) is 11. The number of anilines is 1. The van der Waals surface area contributed by atoms with Crippen LogP contribution < -0.4 is 4.90 Å². The van der Waals surface area contributed by atoms with Crippen molar-refractivity contribution in [1.29, 1.82) is 0 Å². The minimum absolute atomic E-state index is 0.0336. The fraction of sp³-hybridized carbons (Fsp3) is 0.227. The summed E-state index contributed by atoms with van der Waals surface area (Å²) < 4.78 is 13.6. The van der Waals surface area contributed by atoms with Crippen LogP contribution in [0.4, 0.5) is 22.1 Å². The lowest BCUT2D eigenvalue weighted by molar-refractivity contribution is -0.384. The van der Waals surface area contributed by atoms with E-state index in [4.69, 9.17) is 4.74 Å². The molecule has 0 fully saturated rings. The molecule has 0 saturated carbocycles. The van der Waals surface area contributed by atoms with Crippen LogP contribution in [0.3, 0.4) is 0 Å². The molecule has 0 saturated heterocycles. The van der Waals surface area contributed by atoms with Crippen molar-refractivity contribution >= 4 is 56.4 Å². The van der Waals surface area contributed by atoms with Gasteiger partial charge in [0.25, 0.3) is 5.69 Å². The normalized spacial score (nSPS) is 10.9. The van der Waals surface area contributed by atoms with Crippen molar-refractivity contribution in [1.82, 2.24) is 4.37 Å². The van der Waals surface area contributed by atoms with Crippen molar-refractivity contribution in [2.24, 2.45) is 10.2 Å². The summed E-state index contributed by atoms with van der Waals surface area (Å²) >= 11 is 1.11. The van der Waals surface area contributed by atoms with Gasteiger partial charge in [-0.2, -0.15) is 4.37 Å². The number of ether oxygens (including phenoxy) is 2. The van der Waals surface area contributed by atoms with Crippen molar-refractivity contribution < 1.29 is 24.0 Å². The number of carbonyl (C=O) groups excluding carboxylic acids is 2. The third kappa shape index (κ3) is 6.42. The van der Waals surface area contributed by atoms with Crippen LogP contribution >= 0.6 is 11.5 Å². The molecule has 0 aliphatic rings. The van der Waals surface area contributed by atoms with E-state index in [9.17, 15) is 19.7 Å². The Labute approximate surface area is 198 Å². The highest BCUT2D eigenvalue weighted by atomic mass is 32.1. The average molecular weight is 484 g/mol. The number of esters is 2. The number of azo groups is 1. The molecule has 0 atom stereocenters. The first-order chi connectivity index (χ1) is 16.4. The molecule has 0 bridgehead atoms. The molecule has 12 heteroatoms. The van der Waals surface area contributed by atoms with E-state index in [0.717, 1.165) is 23.5 Å². The van der Waals surface area contributed by atoms with Crippen LogP contribution in [0.2, 0.25) is 0 Å². The highest BCUT2D eigenvalue weighted by molar-refractivity contribution is 7.11. The number of carbonyl (C=O) groups is 2. The summed E-state index contributed by atoms with van der Waals surface area (Å²) in [5.41, 5.74) is 2.05. The maximum Gasteiger partial charge on any atom is 0.349 e. The van der Waals surface area contributed by atoms with Gasteiger partial charge in [-0.05, 0) is 48.8 Å². The quantitative estimate of drug-likeness (QED) is 0.121. The van der Waals surface area contributed by atoms with Crippen LogP contribution in [0.15, 0.2) is 65.5 Å². The molecule has 0 radical (unpaired) electrons. The summed E-state index contributed by atoms with van der Waals surface area (Å²) in [6.07, 6.45) is 1.07. The zero-order valence-corrected chi connectivity index (χ0v) is 19.1. The van der Waals surface area contributed by atoms with Gasteiger partial charge in [0.05, 0.1) is 28.8 Å². The van der Waals surface area contributed by atoms with Gasteiger partial charge in [0.15, 0.2) is 11.6 Å². The van der Waals surface area contributed by atoms with E-state index in [2.05, 4.69) is 25.9 Å². The summed E-state index contributed by atoms with van der Waals surface area (Å²) in [6.45, 7) is 5.80. The molecule has 0 amide bonds. The molecule has 1 aromatic heterocycles. The summed E-state index contributed by atoms with van der Waals surface area (Å²) in [6, 6.07) is 11.7. The largest absolute Gasteiger partial charge is 0.454 e. The van der Waals surface area contributed by atoms with Crippen molar-refractivity contribution in [2.45, 2.75) is 13.3 Å². The van der Waals surface area contributed by atoms with Gasteiger partial charge in [0.2, 0.25) is 0 Å². The summed E-state index contributed by atoms with van der Waals surface area (Å²) in [4.78, 5) is 35.6. The van der Waals surface area contributed by atoms with Crippen LogP contribution in [0.5, 0.6) is 0 Å². The fourth-order valence-electron chi connectivity index (χ4n) is 2.97. The van der Waals surface area contributed by atoms with Crippen molar-refractivity contribution in [3.05, 3.63) is 65.4 Å². The number of benzene rings is 2. The number of nitrogens with zero attached hydrogens (tertiary/aromatic N) is 5. The molecule has 1 heterocycles. The highest BCUT2D eigenvalue weighted by Gasteiger charge is 2.13. The van der Waals surface area contributed by atoms with E-state index in [1.54, 1.807) is 18.2 Å². The molecule has 0 N–H and O–H groups in total. The van der Waals surface area contributed by atoms with E-state index >= 15 is 0 Å². The lowest BCUT2D eigenvalue weighted by atomic mass is 10.2. The average Bonchev–Trinajstić information content (AvgIpc) is 3.25. The second kappa shape index (κ2) is 11.6. The van der Waals surface area contributed by atoms with E-state index in [1.165, 1.54) is 12.1 Å². The summed E-state index contributed by atoms with van der Waals surface area (Å²) in [5, 5.41) is 20.5. The van der Waals surface area contributed by atoms with Crippen molar-refractivity contribution in [3.8, 4) is 0 Å². The Bertz CT molecular complexity index is 1220. The van der Waals surface area contributed by atoms with Gasteiger partial charge in [0.1, 0.15) is 0 Å². The van der Waals surface area contributed by atoms with Gasteiger partial charge in [-0.1, -0.05) is 6.58 Å². The van der Waals surface area contributed by atoms with Crippen LogP contribution in [-0.4, -0.2) is 40.9 Å². The Morgan fingerprint density at radius 1 is 1.21 bits per heavy atom. The molecular weight excluding hydrogens is 462 g/mol. The second-order valence-corrected chi connectivity index (χ2v) is 7.56. The zero-order valence-electron chi connectivity index (χ0n) is 18.2. The number of hydrogen-bond donors (Lipinski definition) is 0. The summed E-state index contributed by atoms with van der Waals surface area (Å²) in [5.74, 6) is -1.20. The smallest absolute Gasteiger partial charge is 0.349 e. The van der Waals surface area contributed by atoms with Gasteiger partial charge in [-0.25, -0.2) is 4.79 Å². The number of rotatable bonds is 11. The van der Waals surface area contributed by atoms with E-state index in [0.29, 0.717) is 34.7 Å². The van der Waals surface area contributed by atoms with Gasteiger partial charge in [-0.15, -0.1) is 10.2 Å². The van der Waals surface area contributed by atoms with Gasteiger partial charge >= 0.3 is 11.9 Å². The molecule has 0 spiro atoms. The lowest BCUT2D eigenvalue weighted by Gasteiger charge is -2.22. The number of aromatic nitrogens is 1. The fourth-order valence-corrected chi connectivity index (χ4v) is 3.65. The van der Waals surface area contributed by atoms with E-state index in [-0.39, 0.29) is 12.1 Å². The third-order valence-corrected chi connectivity index (χ3v) is 5.42. The number of nitro benzene ring substituents is 1. The maximum atomic E-state index is 11.9. The first-order valence-electron chi connectivity index (χ1n) is 10.2. The van der Waals surface area contributed by atoms with E-state index in [1.807, 2.05) is 24.0 Å². The minimum atomic E-state index is -0.690. The van der Waals surface area contributed by atoms with E-state index < -0.39 is 23.5 Å². The van der Waals surface area contributed by atoms with Gasteiger partial charge in [-0.3, -0.25) is 14.9 Å². The highest BCUT2D eigenvalue weighted by Crippen LogP contribution is 2.34. The molecular formula is C22H21N5O6S. The topological polar surface area (TPSA) is 137 Å². The Morgan fingerprint density at radius 3 is 2.65 bits per heavy atom. The second-order valence-electron chi connectivity index (χ2n) is 6.81. The van der Waals surface area contributed by atoms with Crippen molar-refractivity contribution in [3.63, 3.8) is 0 Å². The molecule has 0 aliphatic heterocycles. The Kier molecular flexibility index (Phi) is 8.35. The molecule has 11 nitrogen and oxygen atoms in total. The summed E-state index contributed by atoms with van der Waals surface area (Å²) in [7, 11) is 0. The Hall–Kier alpha value is -4.19. The maximum absolute atomic E-state index is 11.9. The van der Waals surface area contributed by atoms with Crippen molar-refractivity contribution in [2.75, 3.05) is 24.6 Å². The first-order valence-corrected chi connectivity index (χ1v) is 10.9. The van der Waals surface area contributed by atoms with Crippen LogP contribution in [0.1, 0.15) is 13.3 Å². The lowest BCUT2D eigenvalue weighted by Crippen LogP contribution is -2.26. The molecule has 3 rings (SSSR count). The Balaban J connectivity index is 1.61. The molecule has 3 aromatic rings. The molecule has 34 heavy (non-hydrogen) atoms. The monoisotopic (exact) mass is 483 g/mol. The third-order valence-electron chi connectivity index (χ3n) is 4.66. The van der Waals surface area contributed by atoms with Crippen LogP contribution in [0.25, 0.3) is 10.9 Å². The number of non-ortho nitro benzene ring substituents is 1. The molecule has 176 valence electrons. The van der Waals surface area contributed by atoms with Gasteiger partial charge in [0, 0.05) is 36.3 Å².